The topological polar surface area (TPSA) is 49.4 Å². The van der Waals surface area contributed by atoms with Crippen molar-refractivity contribution in [2.75, 3.05) is 20.6 Å². The largest absolute Gasteiger partial charge is 0.355 e. The molecule has 1 aliphatic carbocycles. The van der Waals surface area contributed by atoms with E-state index in [-0.39, 0.29) is 11.8 Å². The quantitative estimate of drug-likeness (QED) is 0.877. The van der Waals surface area contributed by atoms with Gasteiger partial charge in [-0.15, -0.1) is 0 Å². The molecule has 0 bridgehead atoms. The molecule has 0 aliphatic heterocycles. The van der Waals surface area contributed by atoms with Crippen molar-refractivity contribution in [2.45, 2.75) is 44.4 Å². The number of rotatable bonds is 6. The molecule has 0 aromatic heterocycles. The number of carbonyl (C=O) groups is 2. The summed E-state index contributed by atoms with van der Waals surface area (Å²) < 4.78 is 0. The van der Waals surface area contributed by atoms with Crippen LogP contribution in [0.5, 0.6) is 0 Å². The molecule has 4 nitrogen and oxygen atoms in total. The highest BCUT2D eigenvalue weighted by atomic mass is 16.2. The van der Waals surface area contributed by atoms with Gasteiger partial charge in [0.05, 0.1) is 0 Å². The molecule has 2 amide bonds. The Hall–Kier alpha value is -1.84. The van der Waals surface area contributed by atoms with E-state index in [1.165, 1.54) is 17.5 Å². The Balaban J connectivity index is 1.74. The predicted molar refractivity (Wildman–Crippen MR) is 87.7 cm³/mol. The van der Waals surface area contributed by atoms with Crippen molar-refractivity contribution in [2.24, 2.45) is 0 Å². The molecule has 1 aromatic carbocycles. The molecule has 0 unspecified atom stereocenters. The van der Waals surface area contributed by atoms with E-state index in [0.29, 0.717) is 31.7 Å². The molecule has 0 spiro atoms. The molecule has 0 fully saturated rings. The van der Waals surface area contributed by atoms with E-state index >= 15 is 0 Å². The van der Waals surface area contributed by atoms with Crippen LogP contribution in [0.25, 0.3) is 0 Å². The van der Waals surface area contributed by atoms with Crippen molar-refractivity contribution < 1.29 is 9.59 Å². The normalized spacial score (nSPS) is 16.7. The zero-order chi connectivity index (χ0) is 15.9. The Morgan fingerprint density at radius 3 is 2.77 bits per heavy atom. The Morgan fingerprint density at radius 1 is 1.23 bits per heavy atom. The van der Waals surface area contributed by atoms with Gasteiger partial charge < -0.3 is 10.2 Å². The van der Waals surface area contributed by atoms with Gasteiger partial charge in [-0.05, 0) is 36.8 Å². The van der Waals surface area contributed by atoms with Crippen LogP contribution in [0.1, 0.15) is 49.1 Å². The molecule has 2 rings (SSSR count). The summed E-state index contributed by atoms with van der Waals surface area (Å²) in [6.45, 7) is 0.706. The van der Waals surface area contributed by atoms with Crippen LogP contribution in [-0.2, 0) is 16.0 Å². The van der Waals surface area contributed by atoms with Crippen molar-refractivity contribution in [3.8, 4) is 0 Å². The maximum Gasteiger partial charge on any atom is 0.222 e. The lowest BCUT2D eigenvalue weighted by molar-refractivity contribution is -0.129. The average molecular weight is 302 g/mol. The van der Waals surface area contributed by atoms with E-state index in [1.807, 2.05) is 0 Å². The van der Waals surface area contributed by atoms with Crippen LogP contribution >= 0.6 is 0 Å². The Bertz CT molecular complexity index is 526. The van der Waals surface area contributed by atoms with Crippen molar-refractivity contribution in [1.29, 1.82) is 0 Å². The second-order valence-electron chi connectivity index (χ2n) is 6.23. The summed E-state index contributed by atoms with van der Waals surface area (Å²) in [5, 5.41) is 3.03. The van der Waals surface area contributed by atoms with Gasteiger partial charge in [0.25, 0.3) is 0 Å². The van der Waals surface area contributed by atoms with Crippen LogP contribution in [-0.4, -0.2) is 37.4 Å². The zero-order valence-electron chi connectivity index (χ0n) is 13.6. The molecule has 0 saturated carbocycles. The minimum Gasteiger partial charge on any atom is -0.355 e. The van der Waals surface area contributed by atoms with Crippen molar-refractivity contribution in [3.05, 3.63) is 35.4 Å². The molecule has 1 aromatic rings. The van der Waals surface area contributed by atoms with Gasteiger partial charge in [0, 0.05) is 39.4 Å². The first kappa shape index (κ1) is 16.5. The number of benzene rings is 1. The maximum atomic E-state index is 11.9. The fraction of sp³-hybridized carbons (Fsp3) is 0.556. The molecular weight excluding hydrogens is 276 g/mol. The van der Waals surface area contributed by atoms with Crippen LogP contribution in [0.2, 0.25) is 0 Å². The van der Waals surface area contributed by atoms with E-state index in [2.05, 4.69) is 29.6 Å². The summed E-state index contributed by atoms with van der Waals surface area (Å²) in [5.41, 5.74) is 2.81. The van der Waals surface area contributed by atoms with Gasteiger partial charge in [0.2, 0.25) is 11.8 Å². The number of hydrogen-bond donors (Lipinski definition) is 1. The Morgan fingerprint density at radius 2 is 2.00 bits per heavy atom. The van der Waals surface area contributed by atoms with Gasteiger partial charge in [-0.1, -0.05) is 24.3 Å². The Labute approximate surface area is 132 Å². The average Bonchev–Trinajstić information content (AvgIpc) is 2.52. The van der Waals surface area contributed by atoms with Gasteiger partial charge >= 0.3 is 0 Å². The van der Waals surface area contributed by atoms with E-state index in [9.17, 15) is 9.59 Å². The van der Waals surface area contributed by atoms with Crippen LogP contribution in [0.3, 0.4) is 0 Å². The standard InChI is InChI=1S/C18H26N2O2/c1-20(2)18(22)12-6-11-17(21)19-13-15-9-5-8-14-7-3-4-10-16(14)15/h3-4,7,10,15H,5-6,8-9,11-13H2,1-2H3,(H,19,21)/t15-/m1/s1. The third-order valence-corrected chi connectivity index (χ3v) is 4.33. The molecule has 120 valence electrons. The van der Waals surface area contributed by atoms with Crippen LogP contribution in [0.4, 0.5) is 0 Å². The second kappa shape index (κ2) is 7.97. The molecule has 1 N–H and O–H groups in total. The molecule has 0 heterocycles. The van der Waals surface area contributed by atoms with E-state index in [0.717, 1.165) is 12.8 Å². The number of aryl methyl sites for hydroxylation is 1. The van der Waals surface area contributed by atoms with Gasteiger partial charge in [0.1, 0.15) is 0 Å². The first-order valence-electron chi connectivity index (χ1n) is 8.12. The predicted octanol–water partition coefficient (Wildman–Crippen LogP) is 2.48. The summed E-state index contributed by atoms with van der Waals surface area (Å²) in [5.74, 6) is 0.556. The lowest BCUT2D eigenvalue weighted by Gasteiger charge is -2.25. The minimum atomic E-state index is 0.0506. The smallest absolute Gasteiger partial charge is 0.222 e. The Kier molecular flexibility index (Phi) is 5.99. The van der Waals surface area contributed by atoms with Crippen molar-refractivity contribution in [1.82, 2.24) is 10.2 Å². The monoisotopic (exact) mass is 302 g/mol. The zero-order valence-corrected chi connectivity index (χ0v) is 13.6. The van der Waals surface area contributed by atoms with Gasteiger partial charge in [-0.2, -0.15) is 0 Å². The number of carbonyl (C=O) groups excluding carboxylic acids is 2. The minimum absolute atomic E-state index is 0.0506. The fourth-order valence-corrected chi connectivity index (χ4v) is 3.02. The number of fused-ring (bicyclic) bond motifs is 1. The summed E-state index contributed by atoms with van der Waals surface area (Å²) in [6.07, 6.45) is 4.95. The first-order chi connectivity index (χ1) is 10.6. The lowest BCUT2D eigenvalue weighted by Crippen LogP contribution is -2.30. The number of nitrogens with one attached hydrogen (secondary N) is 1. The number of hydrogen-bond acceptors (Lipinski definition) is 2. The van der Waals surface area contributed by atoms with E-state index < -0.39 is 0 Å². The SMILES string of the molecule is CN(C)C(=O)CCCC(=O)NC[C@H]1CCCc2ccccc21. The number of amides is 2. The van der Waals surface area contributed by atoms with E-state index in [4.69, 9.17) is 0 Å². The van der Waals surface area contributed by atoms with Crippen LogP contribution < -0.4 is 5.32 Å². The van der Waals surface area contributed by atoms with Gasteiger partial charge in [-0.3, -0.25) is 9.59 Å². The third-order valence-electron chi connectivity index (χ3n) is 4.33. The van der Waals surface area contributed by atoms with Gasteiger partial charge in [0.15, 0.2) is 0 Å². The summed E-state index contributed by atoms with van der Waals surface area (Å²) in [6, 6.07) is 8.53. The van der Waals surface area contributed by atoms with Crippen LogP contribution in [0.15, 0.2) is 24.3 Å². The van der Waals surface area contributed by atoms with Crippen molar-refractivity contribution in [3.63, 3.8) is 0 Å². The summed E-state index contributed by atoms with van der Waals surface area (Å²) >= 11 is 0. The van der Waals surface area contributed by atoms with Crippen LogP contribution in [0, 0.1) is 0 Å². The highest BCUT2D eigenvalue weighted by Crippen LogP contribution is 2.30. The van der Waals surface area contributed by atoms with E-state index in [1.54, 1.807) is 19.0 Å². The molecule has 0 radical (unpaired) electrons. The maximum absolute atomic E-state index is 11.9. The van der Waals surface area contributed by atoms with Gasteiger partial charge in [-0.25, -0.2) is 0 Å². The highest BCUT2D eigenvalue weighted by molar-refractivity contribution is 5.78. The second-order valence-corrected chi connectivity index (χ2v) is 6.23. The lowest BCUT2D eigenvalue weighted by atomic mass is 9.83. The molecular formula is C18H26N2O2. The van der Waals surface area contributed by atoms with Crippen molar-refractivity contribution >= 4 is 11.8 Å². The number of nitrogens with zero attached hydrogens (tertiary/aromatic N) is 1. The fourth-order valence-electron chi connectivity index (χ4n) is 3.02. The molecule has 4 heteroatoms. The third kappa shape index (κ3) is 4.58. The highest BCUT2D eigenvalue weighted by Gasteiger charge is 2.20. The molecule has 1 aliphatic rings. The summed E-state index contributed by atoms with van der Waals surface area (Å²) in [4.78, 5) is 24.9. The molecule has 22 heavy (non-hydrogen) atoms. The first-order valence-corrected chi connectivity index (χ1v) is 8.12. The summed E-state index contributed by atoms with van der Waals surface area (Å²) in [7, 11) is 3.48. The molecule has 0 saturated heterocycles. The molecule has 1 atom stereocenters.